The van der Waals surface area contributed by atoms with Crippen molar-refractivity contribution < 1.29 is 9.90 Å². The van der Waals surface area contributed by atoms with Crippen LogP contribution in [-0.4, -0.2) is 30.1 Å². The predicted molar refractivity (Wildman–Crippen MR) is 80.4 cm³/mol. The highest BCUT2D eigenvalue weighted by Gasteiger charge is 2.11. The van der Waals surface area contributed by atoms with Crippen LogP contribution < -0.4 is 0 Å². The molecule has 0 bridgehead atoms. The van der Waals surface area contributed by atoms with Crippen LogP contribution in [0.2, 0.25) is 0 Å². The molecule has 0 fully saturated rings. The summed E-state index contributed by atoms with van der Waals surface area (Å²) in [6.45, 7) is 0.738. The van der Waals surface area contributed by atoms with Crippen LogP contribution >= 0.6 is 15.9 Å². The number of nitrogens with zero attached hydrogens (tertiary/aromatic N) is 1. The van der Waals surface area contributed by atoms with Crippen molar-refractivity contribution in [2.45, 2.75) is 13.0 Å². The van der Waals surface area contributed by atoms with Crippen molar-refractivity contribution in [1.82, 2.24) is 4.90 Å². The molecule has 1 N–H and O–H groups in total. The minimum absolute atomic E-state index is 0.0647. The Hall–Kier alpha value is -1.39. The van der Waals surface area contributed by atoms with E-state index in [0.717, 1.165) is 32.9 Å². The first-order valence-electron chi connectivity index (χ1n) is 6.04. The Labute approximate surface area is 121 Å². The molecule has 19 heavy (non-hydrogen) atoms. The molecule has 0 amide bonds. The second kappa shape index (κ2) is 5.72. The van der Waals surface area contributed by atoms with Crippen LogP contribution in [-0.2, 0) is 17.8 Å². The first-order valence-corrected chi connectivity index (χ1v) is 6.83. The summed E-state index contributed by atoms with van der Waals surface area (Å²) in [4.78, 5) is 13.0. The highest BCUT2D eigenvalue weighted by Crippen LogP contribution is 2.27. The number of benzene rings is 2. The monoisotopic (exact) mass is 321 g/mol. The third-order valence-corrected chi connectivity index (χ3v) is 3.50. The minimum atomic E-state index is -0.795. The first kappa shape index (κ1) is 14.0. The van der Waals surface area contributed by atoms with Gasteiger partial charge in [0.25, 0.3) is 0 Å². The van der Waals surface area contributed by atoms with E-state index in [1.165, 1.54) is 0 Å². The molecule has 0 radical (unpaired) electrons. The van der Waals surface area contributed by atoms with E-state index in [4.69, 9.17) is 5.11 Å². The van der Waals surface area contributed by atoms with Crippen LogP contribution in [0.4, 0.5) is 0 Å². The molecule has 0 aliphatic rings. The van der Waals surface area contributed by atoms with Gasteiger partial charge in [0.1, 0.15) is 0 Å². The van der Waals surface area contributed by atoms with Gasteiger partial charge in [-0.1, -0.05) is 34.1 Å². The maximum atomic E-state index is 11.0. The molecule has 0 spiro atoms. The number of aliphatic carboxylic acids is 1. The Morgan fingerprint density at radius 2 is 2.00 bits per heavy atom. The highest BCUT2D eigenvalue weighted by molar-refractivity contribution is 9.10. The zero-order valence-electron chi connectivity index (χ0n) is 11.0. The van der Waals surface area contributed by atoms with Gasteiger partial charge < -0.3 is 10.0 Å². The molecule has 0 unspecified atom stereocenters. The Balaban J connectivity index is 2.61. The predicted octanol–water partition coefficient (Wildman–Crippen LogP) is 3.29. The zero-order valence-corrected chi connectivity index (χ0v) is 12.6. The molecule has 2 rings (SSSR count). The largest absolute Gasteiger partial charge is 0.481 e. The maximum absolute atomic E-state index is 11.0. The van der Waals surface area contributed by atoms with Crippen LogP contribution in [0, 0.1) is 0 Å². The summed E-state index contributed by atoms with van der Waals surface area (Å²) < 4.78 is 1.03. The fraction of sp³-hybridized carbons (Fsp3) is 0.267. The zero-order chi connectivity index (χ0) is 14.0. The van der Waals surface area contributed by atoms with Gasteiger partial charge in [-0.2, -0.15) is 0 Å². The average molecular weight is 322 g/mol. The number of halogens is 1. The molecule has 0 saturated carbocycles. The van der Waals surface area contributed by atoms with Crippen molar-refractivity contribution >= 4 is 32.7 Å². The van der Waals surface area contributed by atoms with Crippen molar-refractivity contribution in [3.63, 3.8) is 0 Å². The number of rotatable bonds is 4. The Morgan fingerprint density at radius 3 is 2.63 bits per heavy atom. The highest BCUT2D eigenvalue weighted by atomic mass is 79.9. The van der Waals surface area contributed by atoms with Gasteiger partial charge in [-0.25, -0.2) is 0 Å². The Kier molecular flexibility index (Phi) is 4.22. The Morgan fingerprint density at radius 1 is 1.26 bits per heavy atom. The van der Waals surface area contributed by atoms with Crippen LogP contribution in [0.15, 0.2) is 34.8 Å². The molecule has 0 heterocycles. The molecule has 0 atom stereocenters. The van der Waals surface area contributed by atoms with Crippen molar-refractivity contribution in [2.75, 3.05) is 14.1 Å². The quantitative estimate of drug-likeness (QED) is 0.939. The topological polar surface area (TPSA) is 40.5 Å². The molecule has 2 aromatic rings. The SMILES string of the molecule is CN(C)Cc1c(CC(=O)O)ccc2cc(Br)ccc12. The summed E-state index contributed by atoms with van der Waals surface area (Å²) in [5.41, 5.74) is 1.98. The van der Waals surface area contributed by atoms with E-state index in [9.17, 15) is 4.79 Å². The lowest BCUT2D eigenvalue weighted by molar-refractivity contribution is -0.136. The second-order valence-electron chi connectivity index (χ2n) is 4.88. The van der Waals surface area contributed by atoms with Gasteiger partial charge in [0.05, 0.1) is 6.42 Å². The average Bonchev–Trinajstić information content (AvgIpc) is 2.31. The third kappa shape index (κ3) is 3.33. The second-order valence-corrected chi connectivity index (χ2v) is 5.79. The molecule has 4 heteroatoms. The van der Waals surface area contributed by atoms with Crippen LogP contribution in [0.5, 0.6) is 0 Å². The molecule has 3 nitrogen and oxygen atoms in total. The van der Waals surface area contributed by atoms with Gasteiger partial charge in [-0.05, 0) is 48.1 Å². The summed E-state index contributed by atoms with van der Waals surface area (Å²) in [6.07, 6.45) is 0.0647. The summed E-state index contributed by atoms with van der Waals surface area (Å²) in [6, 6.07) is 9.99. The summed E-state index contributed by atoms with van der Waals surface area (Å²) in [5, 5.41) is 11.3. The first-order chi connectivity index (χ1) is 8.97. The smallest absolute Gasteiger partial charge is 0.307 e. The molecule has 0 aromatic heterocycles. The number of carboxylic acid groups (broad SMARTS) is 1. The van der Waals surface area contributed by atoms with Crippen LogP contribution in [0.25, 0.3) is 10.8 Å². The molecule has 2 aromatic carbocycles. The summed E-state index contributed by atoms with van der Waals surface area (Å²) in [5.74, 6) is -0.795. The van der Waals surface area contributed by atoms with E-state index >= 15 is 0 Å². The number of carbonyl (C=O) groups is 1. The van der Waals surface area contributed by atoms with E-state index in [1.807, 2.05) is 38.4 Å². The van der Waals surface area contributed by atoms with Gasteiger partial charge in [0, 0.05) is 11.0 Å². The summed E-state index contributed by atoms with van der Waals surface area (Å²) >= 11 is 3.46. The van der Waals surface area contributed by atoms with E-state index in [2.05, 4.69) is 26.9 Å². The normalized spacial score (nSPS) is 11.2. The van der Waals surface area contributed by atoms with E-state index in [-0.39, 0.29) is 6.42 Å². The van der Waals surface area contributed by atoms with Crippen molar-refractivity contribution in [1.29, 1.82) is 0 Å². The van der Waals surface area contributed by atoms with Crippen molar-refractivity contribution in [3.8, 4) is 0 Å². The molecule has 0 aliphatic heterocycles. The van der Waals surface area contributed by atoms with Gasteiger partial charge in [-0.15, -0.1) is 0 Å². The van der Waals surface area contributed by atoms with Gasteiger partial charge in [0.2, 0.25) is 0 Å². The lowest BCUT2D eigenvalue weighted by atomic mass is 9.96. The number of carboxylic acids is 1. The van der Waals surface area contributed by atoms with E-state index in [1.54, 1.807) is 0 Å². The van der Waals surface area contributed by atoms with Crippen molar-refractivity contribution in [2.24, 2.45) is 0 Å². The van der Waals surface area contributed by atoms with E-state index in [0.29, 0.717) is 0 Å². The minimum Gasteiger partial charge on any atom is -0.481 e. The number of hydrogen-bond donors (Lipinski definition) is 1. The maximum Gasteiger partial charge on any atom is 0.307 e. The van der Waals surface area contributed by atoms with Crippen LogP contribution in [0.1, 0.15) is 11.1 Å². The fourth-order valence-electron chi connectivity index (χ4n) is 2.24. The third-order valence-electron chi connectivity index (χ3n) is 3.01. The molecule has 100 valence electrons. The standard InChI is InChI=1S/C15H16BrNO2/c1-17(2)9-14-11(8-15(18)19)4-3-10-7-12(16)5-6-13(10)14/h3-7H,8-9H2,1-2H3,(H,18,19). The van der Waals surface area contributed by atoms with Gasteiger partial charge in [-0.3, -0.25) is 4.79 Å². The van der Waals surface area contributed by atoms with Crippen LogP contribution in [0.3, 0.4) is 0 Å². The summed E-state index contributed by atoms with van der Waals surface area (Å²) in [7, 11) is 3.98. The van der Waals surface area contributed by atoms with Gasteiger partial charge >= 0.3 is 5.97 Å². The van der Waals surface area contributed by atoms with Crippen molar-refractivity contribution in [3.05, 3.63) is 45.9 Å². The number of fused-ring (bicyclic) bond motifs is 1. The Bertz CT molecular complexity index is 623. The lowest BCUT2D eigenvalue weighted by Crippen LogP contribution is -2.14. The van der Waals surface area contributed by atoms with E-state index < -0.39 is 5.97 Å². The fourth-order valence-corrected chi connectivity index (χ4v) is 2.62. The lowest BCUT2D eigenvalue weighted by Gasteiger charge is -2.16. The van der Waals surface area contributed by atoms with Gasteiger partial charge in [0.15, 0.2) is 0 Å². The molecular formula is C15H16BrNO2. The number of hydrogen-bond acceptors (Lipinski definition) is 2. The molecule has 0 saturated heterocycles. The molecule has 0 aliphatic carbocycles. The molecular weight excluding hydrogens is 306 g/mol.